The highest BCUT2D eigenvalue weighted by Gasteiger charge is 2.36. The van der Waals surface area contributed by atoms with E-state index in [2.05, 4.69) is 0 Å². The summed E-state index contributed by atoms with van der Waals surface area (Å²) in [6, 6.07) is 2.07. The highest BCUT2D eigenvalue weighted by molar-refractivity contribution is 5.96. The van der Waals surface area contributed by atoms with Gasteiger partial charge >= 0.3 is 6.18 Å². The molecule has 1 aliphatic rings. The average molecular weight is 262 g/mol. The number of alkyl halides is 3. The van der Waals surface area contributed by atoms with E-state index >= 15 is 0 Å². The number of amides is 1. The summed E-state index contributed by atoms with van der Waals surface area (Å²) in [5, 5.41) is 0. The standard InChI is InChI=1S/C11H10F4N2O/c12-9-2-1-7(4-8(9)11(13,14)15)17-5-6(16)3-10(17)18/h1-2,4,6H,3,5,16H2. The van der Waals surface area contributed by atoms with Crippen LogP contribution in [0.3, 0.4) is 0 Å². The third-order valence-electron chi connectivity index (χ3n) is 2.72. The van der Waals surface area contributed by atoms with Crippen molar-refractivity contribution in [3.8, 4) is 0 Å². The quantitative estimate of drug-likeness (QED) is 0.786. The third-order valence-corrected chi connectivity index (χ3v) is 2.72. The van der Waals surface area contributed by atoms with Crippen LogP contribution in [0.15, 0.2) is 18.2 Å². The molecule has 0 saturated carbocycles. The Balaban J connectivity index is 2.39. The minimum atomic E-state index is -4.79. The number of nitrogens with two attached hydrogens (primary N) is 1. The first-order chi connectivity index (χ1) is 8.29. The molecular formula is C11H10F4N2O. The molecule has 3 nitrogen and oxygen atoms in total. The first kappa shape index (κ1) is 12.8. The molecule has 1 aliphatic heterocycles. The van der Waals surface area contributed by atoms with Crippen molar-refractivity contribution >= 4 is 11.6 Å². The Morgan fingerprint density at radius 1 is 1.33 bits per heavy atom. The van der Waals surface area contributed by atoms with E-state index in [1.165, 1.54) is 0 Å². The van der Waals surface area contributed by atoms with Crippen molar-refractivity contribution in [3.05, 3.63) is 29.6 Å². The largest absolute Gasteiger partial charge is 0.419 e. The summed E-state index contributed by atoms with van der Waals surface area (Å²) in [5.41, 5.74) is 4.18. The van der Waals surface area contributed by atoms with Crippen molar-refractivity contribution < 1.29 is 22.4 Å². The average Bonchev–Trinajstić information content (AvgIpc) is 2.57. The fourth-order valence-electron chi connectivity index (χ4n) is 1.88. The van der Waals surface area contributed by atoms with Crippen molar-refractivity contribution in [2.24, 2.45) is 5.73 Å². The monoisotopic (exact) mass is 262 g/mol. The highest BCUT2D eigenvalue weighted by atomic mass is 19.4. The number of hydrogen-bond donors (Lipinski definition) is 1. The number of nitrogens with zero attached hydrogens (tertiary/aromatic N) is 1. The number of hydrogen-bond acceptors (Lipinski definition) is 2. The minimum Gasteiger partial charge on any atom is -0.326 e. The molecule has 0 aliphatic carbocycles. The van der Waals surface area contributed by atoms with E-state index in [1.807, 2.05) is 0 Å². The molecule has 1 atom stereocenters. The molecule has 1 saturated heterocycles. The van der Waals surface area contributed by atoms with E-state index in [4.69, 9.17) is 5.73 Å². The molecule has 1 heterocycles. The molecule has 0 aromatic heterocycles. The summed E-state index contributed by atoms with van der Waals surface area (Å²) in [4.78, 5) is 12.6. The lowest BCUT2D eigenvalue weighted by Crippen LogP contribution is -2.28. The summed E-state index contributed by atoms with van der Waals surface area (Å²) < 4.78 is 50.6. The minimum absolute atomic E-state index is 0.0154. The normalized spacial score (nSPS) is 20.6. The lowest BCUT2D eigenvalue weighted by atomic mass is 10.1. The highest BCUT2D eigenvalue weighted by Crippen LogP contribution is 2.34. The Morgan fingerprint density at radius 2 is 2.00 bits per heavy atom. The van der Waals surface area contributed by atoms with Gasteiger partial charge in [0.25, 0.3) is 0 Å². The van der Waals surface area contributed by atoms with Crippen molar-refractivity contribution in [1.82, 2.24) is 0 Å². The van der Waals surface area contributed by atoms with Crippen molar-refractivity contribution in [2.45, 2.75) is 18.6 Å². The summed E-state index contributed by atoms with van der Waals surface area (Å²) in [6.07, 6.45) is -4.70. The number of anilines is 1. The second kappa shape index (κ2) is 4.24. The van der Waals surface area contributed by atoms with Gasteiger partial charge in [-0.05, 0) is 18.2 Å². The Hall–Kier alpha value is -1.63. The first-order valence-corrected chi connectivity index (χ1v) is 5.21. The van der Waals surface area contributed by atoms with Crippen molar-refractivity contribution in [1.29, 1.82) is 0 Å². The van der Waals surface area contributed by atoms with Crippen LogP contribution in [0, 0.1) is 5.82 Å². The zero-order chi connectivity index (χ0) is 13.5. The fourth-order valence-corrected chi connectivity index (χ4v) is 1.88. The summed E-state index contributed by atoms with van der Waals surface area (Å²) in [5.74, 6) is -1.72. The van der Waals surface area contributed by atoms with Crippen LogP contribution < -0.4 is 10.6 Å². The number of rotatable bonds is 1. The lowest BCUT2D eigenvalue weighted by molar-refractivity contribution is -0.140. The zero-order valence-electron chi connectivity index (χ0n) is 9.17. The molecule has 2 N–H and O–H groups in total. The van der Waals surface area contributed by atoms with Crippen LogP contribution in [0.2, 0.25) is 0 Å². The molecule has 18 heavy (non-hydrogen) atoms. The van der Waals surface area contributed by atoms with Gasteiger partial charge in [-0.15, -0.1) is 0 Å². The van der Waals surface area contributed by atoms with Gasteiger partial charge in [0.1, 0.15) is 5.82 Å². The van der Waals surface area contributed by atoms with E-state index in [0.29, 0.717) is 12.1 Å². The fraction of sp³-hybridized carbons (Fsp3) is 0.364. The van der Waals surface area contributed by atoms with Crippen LogP contribution in [-0.4, -0.2) is 18.5 Å². The second-order valence-electron chi connectivity index (χ2n) is 4.13. The van der Waals surface area contributed by atoms with Gasteiger partial charge in [-0.25, -0.2) is 4.39 Å². The van der Waals surface area contributed by atoms with Crippen LogP contribution in [0.25, 0.3) is 0 Å². The van der Waals surface area contributed by atoms with Crippen molar-refractivity contribution in [3.63, 3.8) is 0 Å². The maximum Gasteiger partial charge on any atom is 0.419 e. The van der Waals surface area contributed by atoms with Crippen LogP contribution in [-0.2, 0) is 11.0 Å². The van der Waals surface area contributed by atoms with Gasteiger partial charge in [-0.1, -0.05) is 0 Å². The van der Waals surface area contributed by atoms with E-state index in [1.54, 1.807) is 0 Å². The van der Waals surface area contributed by atoms with E-state index < -0.39 is 23.6 Å². The van der Waals surface area contributed by atoms with E-state index in [0.717, 1.165) is 11.0 Å². The number of carbonyl (C=O) groups excluding carboxylic acids is 1. The smallest absolute Gasteiger partial charge is 0.326 e. The summed E-state index contributed by atoms with van der Waals surface area (Å²) in [7, 11) is 0. The number of carbonyl (C=O) groups is 1. The maximum atomic E-state index is 13.1. The number of halogens is 4. The van der Waals surface area contributed by atoms with Gasteiger partial charge in [-0.2, -0.15) is 13.2 Å². The van der Waals surface area contributed by atoms with Gasteiger partial charge in [-0.3, -0.25) is 4.79 Å². The molecule has 7 heteroatoms. The predicted molar refractivity (Wildman–Crippen MR) is 56.3 cm³/mol. The molecule has 0 bridgehead atoms. The molecule has 98 valence electrons. The van der Waals surface area contributed by atoms with Gasteiger partial charge in [0.2, 0.25) is 5.91 Å². The molecule has 1 aromatic carbocycles. The maximum absolute atomic E-state index is 13.1. The Bertz CT molecular complexity index is 486. The van der Waals surface area contributed by atoms with E-state index in [9.17, 15) is 22.4 Å². The Kier molecular flexibility index (Phi) is 3.02. The molecule has 1 aromatic rings. The molecule has 1 unspecified atom stereocenters. The zero-order valence-corrected chi connectivity index (χ0v) is 9.17. The van der Waals surface area contributed by atoms with Crippen LogP contribution in [0.4, 0.5) is 23.2 Å². The molecule has 0 radical (unpaired) electrons. The SMILES string of the molecule is NC1CC(=O)N(c2ccc(F)c(C(F)(F)F)c2)C1. The third kappa shape index (κ3) is 2.31. The van der Waals surface area contributed by atoms with Gasteiger partial charge in [0, 0.05) is 24.7 Å². The van der Waals surface area contributed by atoms with Crippen LogP contribution >= 0.6 is 0 Å². The second-order valence-corrected chi connectivity index (χ2v) is 4.13. The van der Waals surface area contributed by atoms with Gasteiger partial charge in [0.05, 0.1) is 5.56 Å². The number of benzene rings is 1. The van der Waals surface area contributed by atoms with Gasteiger partial charge in [0.15, 0.2) is 0 Å². The van der Waals surface area contributed by atoms with Crippen LogP contribution in [0.1, 0.15) is 12.0 Å². The van der Waals surface area contributed by atoms with E-state index in [-0.39, 0.29) is 24.6 Å². The lowest BCUT2D eigenvalue weighted by Gasteiger charge is -2.18. The molecule has 1 amide bonds. The first-order valence-electron chi connectivity index (χ1n) is 5.21. The molecule has 2 rings (SSSR count). The molecule has 1 fully saturated rings. The van der Waals surface area contributed by atoms with Crippen LogP contribution in [0.5, 0.6) is 0 Å². The Morgan fingerprint density at radius 3 is 2.50 bits per heavy atom. The summed E-state index contributed by atoms with van der Waals surface area (Å²) >= 11 is 0. The molecular weight excluding hydrogens is 252 g/mol. The van der Waals surface area contributed by atoms with Gasteiger partial charge < -0.3 is 10.6 Å². The van der Waals surface area contributed by atoms with Crippen molar-refractivity contribution in [2.75, 3.05) is 11.4 Å². The predicted octanol–water partition coefficient (Wildman–Crippen LogP) is 1.91. The summed E-state index contributed by atoms with van der Waals surface area (Å²) in [6.45, 7) is 0.141. The Labute approximate surface area is 100 Å². The topological polar surface area (TPSA) is 46.3 Å². The molecule has 0 spiro atoms.